The van der Waals surface area contributed by atoms with Crippen LogP contribution in [0.5, 0.6) is 0 Å². The van der Waals surface area contributed by atoms with E-state index in [2.05, 4.69) is 0 Å². The molecule has 7 nitrogen and oxygen atoms in total. The van der Waals surface area contributed by atoms with Crippen molar-refractivity contribution in [1.29, 1.82) is 0 Å². The molecule has 1 saturated heterocycles. The lowest BCUT2D eigenvalue weighted by Gasteiger charge is -2.34. The van der Waals surface area contributed by atoms with Crippen LogP contribution in [0.4, 0.5) is 0 Å². The zero-order valence-electron chi connectivity index (χ0n) is 15.6. The zero-order chi connectivity index (χ0) is 18.8. The van der Waals surface area contributed by atoms with Gasteiger partial charge in [-0.05, 0) is 47.5 Å². The molecule has 142 valence electrons. The highest BCUT2D eigenvalue weighted by Gasteiger charge is 2.57. The second-order valence-electron chi connectivity index (χ2n) is 7.33. The summed E-state index contributed by atoms with van der Waals surface area (Å²) in [5.74, 6) is -3.19. The van der Waals surface area contributed by atoms with Crippen LogP contribution < -0.4 is 0 Å². The minimum Gasteiger partial charge on any atom is -0.461 e. The molecule has 1 aliphatic carbocycles. The van der Waals surface area contributed by atoms with Gasteiger partial charge >= 0.3 is 11.9 Å². The van der Waals surface area contributed by atoms with Gasteiger partial charge in [0.15, 0.2) is 18.0 Å². The molecule has 1 heterocycles. The van der Waals surface area contributed by atoms with Gasteiger partial charge in [-0.25, -0.2) is 9.59 Å². The van der Waals surface area contributed by atoms with E-state index in [-0.39, 0.29) is 18.0 Å². The lowest BCUT2D eigenvalue weighted by atomic mass is 9.82. The zero-order valence-corrected chi connectivity index (χ0v) is 15.6. The molecule has 0 aromatic carbocycles. The van der Waals surface area contributed by atoms with E-state index in [4.69, 9.17) is 18.9 Å². The molecule has 25 heavy (non-hydrogen) atoms. The Morgan fingerprint density at radius 2 is 1.48 bits per heavy atom. The molecule has 0 aromatic heterocycles. The molecular formula is C18H28O7. The van der Waals surface area contributed by atoms with Gasteiger partial charge in [0, 0.05) is 6.42 Å². The van der Waals surface area contributed by atoms with Crippen LogP contribution in [0.2, 0.25) is 0 Å². The van der Waals surface area contributed by atoms with Gasteiger partial charge in [0.1, 0.15) is 5.78 Å². The van der Waals surface area contributed by atoms with E-state index in [1.807, 2.05) is 0 Å². The molecule has 0 N–H and O–H groups in total. The maximum absolute atomic E-state index is 12.4. The normalized spacial score (nSPS) is 29.1. The highest BCUT2D eigenvalue weighted by Crippen LogP contribution is 2.41. The Morgan fingerprint density at radius 3 is 1.88 bits per heavy atom. The summed E-state index contributed by atoms with van der Waals surface area (Å²) in [7, 11) is 0. The van der Waals surface area contributed by atoms with Crippen molar-refractivity contribution in [2.24, 2.45) is 5.92 Å². The van der Waals surface area contributed by atoms with E-state index in [1.165, 1.54) is 0 Å². The van der Waals surface area contributed by atoms with Crippen molar-refractivity contribution < 1.29 is 33.3 Å². The second kappa shape index (κ2) is 7.83. The maximum atomic E-state index is 12.4. The van der Waals surface area contributed by atoms with Gasteiger partial charge in [-0.3, -0.25) is 4.79 Å². The summed E-state index contributed by atoms with van der Waals surface area (Å²) in [4.78, 5) is 37.1. The highest BCUT2D eigenvalue weighted by atomic mass is 16.8. The maximum Gasteiger partial charge on any atom is 0.339 e. The molecule has 0 spiro atoms. The van der Waals surface area contributed by atoms with E-state index in [9.17, 15) is 14.4 Å². The monoisotopic (exact) mass is 356 g/mol. The van der Waals surface area contributed by atoms with Crippen LogP contribution in [0.25, 0.3) is 0 Å². The van der Waals surface area contributed by atoms with Crippen molar-refractivity contribution in [1.82, 2.24) is 0 Å². The molecule has 0 radical (unpaired) electrons. The van der Waals surface area contributed by atoms with Gasteiger partial charge in [0.2, 0.25) is 0 Å². The van der Waals surface area contributed by atoms with Crippen molar-refractivity contribution in [3.05, 3.63) is 0 Å². The first kappa shape index (κ1) is 19.8. The van der Waals surface area contributed by atoms with E-state index < -0.39 is 35.9 Å². The highest BCUT2D eigenvalue weighted by molar-refractivity contribution is 5.87. The van der Waals surface area contributed by atoms with Crippen LogP contribution in [-0.2, 0) is 33.3 Å². The van der Waals surface area contributed by atoms with Crippen molar-refractivity contribution in [3.63, 3.8) is 0 Å². The Balaban J connectivity index is 2.23. The first-order valence-corrected chi connectivity index (χ1v) is 8.93. The Kier molecular flexibility index (Phi) is 6.21. The molecule has 0 aromatic rings. The van der Waals surface area contributed by atoms with Gasteiger partial charge < -0.3 is 18.9 Å². The number of Topliss-reactive ketones (excluding diaryl/α,β-unsaturated/α-hetero) is 1. The molecule has 0 amide bonds. The van der Waals surface area contributed by atoms with Crippen molar-refractivity contribution in [2.75, 3.05) is 0 Å². The van der Waals surface area contributed by atoms with E-state index in [0.29, 0.717) is 12.8 Å². The van der Waals surface area contributed by atoms with Gasteiger partial charge in [0.25, 0.3) is 0 Å². The van der Waals surface area contributed by atoms with E-state index in [1.54, 1.807) is 34.6 Å². The van der Waals surface area contributed by atoms with Crippen molar-refractivity contribution in [3.8, 4) is 0 Å². The summed E-state index contributed by atoms with van der Waals surface area (Å²) in [6.07, 6.45) is -0.435. The van der Waals surface area contributed by atoms with Gasteiger partial charge in [0.05, 0.1) is 18.1 Å². The average Bonchev–Trinajstić information content (AvgIpc) is 2.85. The van der Waals surface area contributed by atoms with Crippen LogP contribution in [0.15, 0.2) is 0 Å². The quantitative estimate of drug-likeness (QED) is 0.697. The van der Waals surface area contributed by atoms with Crippen molar-refractivity contribution in [2.45, 2.75) is 90.5 Å². The third-order valence-corrected chi connectivity index (χ3v) is 4.35. The Hall–Kier alpha value is -1.47. The molecule has 1 aliphatic heterocycles. The summed E-state index contributed by atoms with van der Waals surface area (Å²) >= 11 is 0. The lowest BCUT2D eigenvalue weighted by molar-refractivity contribution is -0.210. The standard InChI is InChI=1S/C18H28O7/c1-10(2)22-16(20)14-15(17(21)23-11(3)4)25-18(5,24-14)12-8-6-7-9-13(12)19/h10-12,14-15H,6-9H2,1-5H3/t12-,14+,15+/m0/s1. The number of hydrogen-bond acceptors (Lipinski definition) is 7. The third-order valence-electron chi connectivity index (χ3n) is 4.35. The predicted molar refractivity (Wildman–Crippen MR) is 87.6 cm³/mol. The summed E-state index contributed by atoms with van der Waals surface area (Å²) in [5.41, 5.74) is 0. The minimum atomic E-state index is -1.33. The van der Waals surface area contributed by atoms with Gasteiger partial charge in [-0.1, -0.05) is 6.42 Å². The minimum absolute atomic E-state index is 0.0302. The van der Waals surface area contributed by atoms with Crippen LogP contribution in [0.1, 0.15) is 60.3 Å². The number of carbonyl (C=O) groups excluding carboxylic acids is 3. The summed E-state index contributed by atoms with van der Waals surface area (Å²) < 4.78 is 22.0. The first-order chi connectivity index (χ1) is 11.6. The smallest absolute Gasteiger partial charge is 0.339 e. The van der Waals surface area contributed by atoms with E-state index >= 15 is 0 Å². The topological polar surface area (TPSA) is 88.1 Å². The molecule has 2 rings (SSSR count). The molecule has 2 aliphatic rings. The summed E-state index contributed by atoms with van der Waals surface area (Å²) in [6, 6.07) is 0. The second-order valence-corrected chi connectivity index (χ2v) is 7.33. The molecular weight excluding hydrogens is 328 g/mol. The fourth-order valence-corrected chi connectivity index (χ4v) is 3.30. The molecule has 0 bridgehead atoms. The SMILES string of the molecule is CC(C)OC(=O)[C@@H]1OC(C)([C@H]2CCCCC2=O)O[C@H]1C(=O)OC(C)C. The van der Waals surface area contributed by atoms with E-state index in [0.717, 1.165) is 12.8 Å². The van der Waals surface area contributed by atoms with Crippen LogP contribution in [-0.4, -0.2) is 47.9 Å². The number of carbonyl (C=O) groups is 3. The lowest BCUT2D eigenvalue weighted by Crippen LogP contribution is -2.43. The molecule has 2 fully saturated rings. The van der Waals surface area contributed by atoms with Gasteiger partial charge in [-0.2, -0.15) is 0 Å². The predicted octanol–water partition coefficient (Wildman–Crippen LogP) is 2.15. The Labute approximate surface area is 148 Å². The fraction of sp³-hybridized carbons (Fsp3) is 0.833. The molecule has 1 saturated carbocycles. The van der Waals surface area contributed by atoms with Crippen LogP contribution >= 0.6 is 0 Å². The summed E-state index contributed by atoms with van der Waals surface area (Å²) in [6.45, 7) is 8.44. The molecule has 7 heteroatoms. The fourth-order valence-electron chi connectivity index (χ4n) is 3.30. The first-order valence-electron chi connectivity index (χ1n) is 8.93. The Morgan fingerprint density at radius 1 is 1.00 bits per heavy atom. The van der Waals surface area contributed by atoms with Crippen LogP contribution in [0.3, 0.4) is 0 Å². The number of hydrogen-bond donors (Lipinski definition) is 0. The molecule has 3 atom stereocenters. The molecule has 0 unspecified atom stereocenters. The largest absolute Gasteiger partial charge is 0.461 e. The average molecular weight is 356 g/mol. The Bertz CT molecular complexity index is 496. The number of ketones is 1. The third kappa shape index (κ3) is 4.58. The van der Waals surface area contributed by atoms with Gasteiger partial charge in [-0.15, -0.1) is 0 Å². The van der Waals surface area contributed by atoms with Crippen molar-refractivity contribution >= 4 is 17.7 Å². The van der Waals surface area contributed by atoms with Crippen LogP contribution in [0, 0.1) is 5.92 Å². The number of rotatable bonds is 5. The number of esters is 2. The summed E-state index contributed by atoms with van der Waals surface area (Å²) in [5, 5.41) is 0. The number of ether oxygens (including phenoxy) is 4.